The predicted octanol–water partition coefficient (Wildman–Crippen LogP) is 3.28. The average Bonchev–Trinajstić information content (AvgIpc) is 2.29. The first kappa shape index (κ1) is 11.9. The summed E-state index contributed by atoms with van der Waals surface area (Å²) in [6.07, 6.45) is 4.58. The van der Waals surface area contributed by atoms with Gasteiger partial charge in [0.2, 0.25) is 0 Å². The van der Waals surface area contributed by atoms with E-state index in [4.69, 9.17) is 4.74 Å². The van der Waals surface area contributed by atoms with Gasteiger partial charge in [-0.15, -0.1) is 0 Å². The van der Waals surface area contributed by atoms with Crippen molar-refractivity contribution in [3.05, 3.63) is 40.5 Å². The first-order valence-electron chi connectivity index (χ1n) is 6.14. The monoisotopic (exact) mass is 230 g/mol. The number of ether oxygens (including phenoxy) is 1. The zero-order valence-electron chi connectivity index (χ0n) is 10.5. The van der Waals surface area contributed by atoms with E-state index >= 15 is 0 Å². The van der Waals surface area contributed by atoms with Gasteiger partial charge in [-0.05, 0) is 43.4 Å². The molecule has 2 nitrogen and oxygen atoms in total. The molecule has 0 radical (unpaired) electrons. The molecule has 0 saturated carbocycles. The SMILES string of the molecule is CCOC(=O)CC1=Cc2cccc(C)c2CC1. The van der Waals surface area contributed by atoms with Crippen LogP contribution in [0.3, 0.4) is 0 Å². The van der Waals surface area contributed by atoms with Crippen molar-refractivity contribution < 1.29 is 9.53 Å². The van der Waals surface area contributed by atoms with E-state index in [2.05, 4.69) is 31.2 Å². The van der Waals surface area contributed by atoms with Crippen LogP contribution in [-0.2, 0) is 16.0 Å². The topological polar surface area (TPSA) is 26.3 Å². The van der Waals surface area contributed by atoms with Crippen molar-refractivity contribution >= 4 is 12.0 Å². The molecule has 1 aromatic rings. The molecule has 0 heterocycles. The third kappa shape index (κ3) is 2.76. The van der Waals surface area contributed by atoms with Crippen molar-refractivity contribution in [1.29, 1.82) is 0 Å². The number of hydrogen-bond acceptors (Lipinski definition) is 2. The predicted molar refractivity (Wildman–Crippen MR) is 68.7 cm³/mol. The summed E-state index contributed by atoms with van der Waals surface area (Å²) in [7, 11) is 0. The number of esters is 1. The largest absolute Gasteiger partial charge is 0.466 e. The van der Waals surface area contributed by atoms with Crippen molar-refractivity contribution in [3.8, 4) is 0 Å². The molecule has 0 saturated heterocycles. The summed E-state index contributed by atoms with van der Waals surface area (Å²) in [4.78, 5) is 11.4. The maximum Gasteiger partial charge on any atom is 0.309 e. The van der Waals surface area contributed by atoms with Gasteiger partial charge < -0.3 is 4.74 Å². The fraction of sp³-hybridized carbons (Fsp3) is 0.400. The number of benzene rings is 1. The van der Waals surface area contributed by atoms with E-state index in [0.29, 0.717) is 13.0 Å². The van der Waals surface area contributed by atoms with E-state index in [1.807, 2.05) is 6.92 Å². The Morgan fingerprint density at radius 1 is 1.35 bits per heavy atom. The van der Waals surface area contributed by atoms with Crippen LogP contribution in [0.2, 0.25) is 0 Å². The van der Waals surface area contributed by atoms with Gasteiger partial charge in [-0.25, -0.2) is 0 Å². The standard InChI is InChI=1S/C15H18O2/c1-3-17-15(16)10-12-7-8-14-11(2)5-4-6-13(14)9-12/h4-6,9H,3,7-8,10H2,1-2H3. The van der Waals surface area contributed by atoms with Crippen LogP contribution in [0.4, 0.5) is 0 Å². The van der Waals surface area contributed by atoms with Gasteiger partial charge in [-0.3, -0.25) is 4.79 Å². The highest BCUT2D eigenvalue weighted by atomic mass is 16.5. The summed E-state index contributed by atoms with van der Waals surface area (Å²) >= 11 is 0. The van der Waals surface area contributed by atoms with Crippen LogP contribution in [0.15, 0.2) is 23.8 Å². The second-order valence-electron chi connectivity index (χ2n) is 4.43. The molecule has 0 bridgehead atoms. The molecular formula is C15H18O2. The molecule has 0 atom stereocenters. The lowest BCUT2D eigenvalue weighted by atomic mass is 9.88. The van der Waals surface area contributed by atoms with Gasteiger partial charge in [0.1, 0.15) is 0 Å². The van der Waals surface area contributed by atoms with Crippen molar-refractivity contribution in [2.75, 3.05) is 6.61 Å². The van der Waals surface area contributed by atoms with E-state index in [1.165, 1.54) is 22.3 Å². The molecule has 1 aliphatic carbocycles. The lowest BCUT2D eigenvalue weighted by Gasteiger charge is -2.17. The van der Waals surface area contributed by atoms with Gasteiger partial charge >= 0.3 is 5.97 Å². The van der Waals surface area contributed by atoms with E-state index in [0.717, 1.165) is 12.8 Å². The molecule has 1 aliphatic rings. The Morgan fingerprint density at radius 3 is 2.94 bits per heavy atom. The lowest BCUT2D eigenvalue weighted by molar-refractivity contribution is -0.142. The average molecular weight is 230 g/mol. The van der Waals surface area contributed by atoms with Crippen molar-refractivity contribution in [3.63, 3.8) is 0 Å². The normalized spacial score (nSPS) is 13.9. The number of hydrogen-bond donors (Lipinski definition) is 0. The van der Waals surface area contributed by atoms with E-state index in [1.54, 1.807) is 0 Å². The molecule has 1 aromatic carbocycles. The number of carbonyl (C=O) groups is 1. The second-order valence-corrected chi connectivity index (χ2v) is 4.43. The number of carbonyl (C=O) groups excluding carboxylic acids is 1. The lowest BCUT2D eigenvalue weighted by Crippen LogP contribution is -2.08. The summed E-state index contributed by atoms with van der Waals surface area (Å²) in [6, 6.07) is 6.33. The first-order chi connectivity index (χ1) is 8.20. The Balaban J connectivity index is 2.15. The zero-order chi connectivity index (χ0) is 12.3. The Bertz CT molecular complexity index is 458. The molecule has 0 unspecified atom stereocenters. The molecule has 0 aliphatic heterocycles. The maximum absolute atomic E-state index is 11.4. The molecule has 0 amide bonds. The van der Waals surface area contributed by atoms with Gasteiger partial charge in [-0.1, -0.05) is 29.8 Å². The van der Waals surface area contributed by atoms with Crippen LogP contribution in [0, 0.1) is 6.92 Å². The molecule has 17 heavy (non-hydrogen) atoms. The summed E-state index contributed by atoms with van der Waals surface area (Å²) in [6.45, 7) is 4.44. The fourth-order valence-electron chi connectivity index (χ4n) is 2.32. The smallest absolute Gasteiger partial charge is 0.309 e. The number of aryl methyl sites for hydroxylation is 1. The van der Waals surface area contributed by atoms with E-state index < -0.39 is 0 Å². The molecule has 0 spiro atoms. The van der Waals surface area contributed by atoms with Gasteiger partial charge in [0.25, 0.3) is 0 Å². The number of rotatable bonds is 3. The van der Waals surface area contributed by atoms with Gasteiger partial charge in [-0.2, -0.15) is 0 Å². The van der Waals surface area contributed by atoms with E-state index in [-0.39, 0.29) is 5.97 Å². The van der Waals surface area contributed by atoms with Crippen molar-refractivity contribution in [2.24, 2.45) is 0 Å². The highest BCUT2D eigenvalue weighted by Gasteiger charge is 2.14. The van der Waals surface area contributed by atoms with Crippen LogP contribution in [0.5, 0.6) is 0 Å². The van der Waals surface area contributed by atoms with Crippen LogP contribution >= 0.6 is 0 Å². The molecule has 2 rings (SSSR count). The minimum atomic E-state index is -0.116. The highest BCUT2D eigenvalue weighted by molar-refractivity contribution is 5.75. The van der Waals surface area contributed by atoms with Crippen LogP contribution in [0.25, 0.3) is 6.08 Å². The Morgan fingerprint density at radius 2 is 2.18 bits per heavy atom. The molecule has 0 fully saturated rings. The second kappa shape index (κ2) is 5.17. The number of fused-ring (bicyclic) bond motifs is 1. The Kier molecular flexibility index (Phi) is 3.62. The quantitative estimate of drug-likeness (QED) is 0.745. The van der Waals surface area contributed by atoms with Crippen molar-refractivity contribution in [1.82, 2.24) is 0 Å². The Hall–Kier alpha value is -1.57. The molecule has 2 heteroatoms. The highest BCUT2D eigenvalue weighted by Crippen LogP contribution is 2.27. The summed E-state index contributed by atoms with van der Waals surface area (Å²) < 4.78 is 4.98. The molecule has 0 aromatic heterocycles. The van der Waals surface area contributed by atoms with Crippen LogP contribution in [-0.4, -0.2) is 12.6 Å². The van der Waals surface area contributed by atoms with Gasteiger partial charge in [0.05, 0.1) is 13.0 Å². The Labute approximate surface area is 102 Å². The van der Waals surface area contributed by atoms with Crippen LogP contribution < -0.4 is 0 Å². The third-order valence-electron chi connectivity index (χ3n) is 3.18. The minimum Gasteiger partial charge on any atom is -0.466 e. The van der Waals surface area contributed by atoms with Gasteiger partial charge in [0, 0.05) is 0 Å². The molecular weight excluding hydrogens is 212 g/mol. The molecule has 90 valence electrons. The van der Waals surface area contributed by atoms with E-state index in [9.17, 15) is 4.79 Å². The third-order valence-corrected chi connectivity index (χ3v) is 3.18. The maximum atomic E-state index is 11.4. The summed E-state index contributed by atoms with van der Waals surface area (Å²) in [5.41, 5.74) is 5.20. The van der Waals surface area contributed by atoms with Crippen LogP contribution in [0.1, 0.15) is 36.5 Å². The van der Waals surface area contributed by atoms with Crippen molar-refractivity contribution in [2.45, 2.75) is 33.1 Å². The minimum absolute atomic E-state index is 0.116. The first-order valence-corrected chi connectivity index (χ1v) is 6.14. The summed E-state index contributed by atoms with van der Waals surface area (Å²) in [5.74, 6) is -0.116. The fourth-order valence-corrected chi connectivity index (χ4v) is 2.32. The molecule has 0 N–H and O–H groups in total. The van der Waals surface area contributed by atoms with Gasteiger partial charge in [0.15, 0.2) is 0 Å². The summed E-state index contributed by atoms with van der Waals surface area (Å²) in [5, 5.41) is 0. The zero-order valence-corrected chi connectivity index (χ0v) is 10.5.